The lowest BCUT2D eigenvalue weighted by Crippen LogP contribution is -2.23. The fourth-order valence-electron chi connectivity index (χ4n) is 1.41. The molecule has 4 nitrogen and oxygen atoms in total. The molecule has 1 unspecified atom stereocenters. The zero-order valence-corrected chi connectivity index (χ0v) is 9.56. The van der Waals surface area contributed by atoms with Gasteiger partial charge in [-0.1, -0.05) is 17.7 Å². The van der Waals surface area contributed by atoms with Gasteiger partial charge in [0.2, 0.25) is 0 Å². The van der Waals surface area contributed by atoms with Crippen molar-refractivity contribution in [2.75, 3.05) is 6.54 Å². The predicted molar refractivity (Wildman–Crippen MR) is 61.7 cm³/mol. The number of ether oxygens (including phenoxy) is 1. The van der Waals surface area contributed by atoms with Gasteiger partial charge in [0, 0.05) is 0 Å². The van der Waals surface area contributed by atoms with Crippen LogP contribution in [0.15, 0.2) is 18.2 Å². The van der Waals surface area contributed by atoms with Gasteiger partial charge in [0.25, 0.3) is 0 Å². The minimum absolute atomic E-state index is 0.515. The first kappa shape index (κ1) is 12.5. The molecule has 1 aromatic rings. The summed E-state index contributed by atoms with van der Waals surface area (Å²) in [5, 5.41) is 8.77. The molecule has 1 atom stereocenters. The van der Waals surface area contributed by atoms with Crippen LogP contribution in [-0.4, -0.2) is 23.7 Å². The summed E-state index contributed by atoms with van der Waals surface area (Å²) in [5.74, 6) is -0.370. The first-order valence-electron chi connectivity index (χ1n) is 5.23. The SMILES string of the molecule is Cc1ccc(OC(C)C(=O)O)c(CCN)c1. The molecule has 0 saturated heterocycles. The van der Waals surface area contributed by atoms with Crippen LogP contribution in [0.1, 0.15) is 18.1 Å². The van der Waals surface area contributed by atoms with E-state index in [1.807, 2.05) is 19.1 Å². The Morgan fingerprint density at radius 3 is 2.81 bits per heavy atom. The van der Waals surface area contributed by atoms with E-state index in [-0.39, 0.29) is 0 Å². The molecule has 0 radical (unpaired) electrons. The smallest absolute Gasteiger partial charge is 0.344 e. The molecule has 16 heavy (non-hydrogen) atoms. The number of aryl methyl sites for hydroxylation is 1. The molecular weight excluding hydrogens is 206 g/mol. The molecule has 1 rings (SSSR count). The highest BCUT2D eigenvalue weighted by atomic mass is 16.5. The van der Waals surface area contributed by atoms with Crippen LogP contribution in [0.4, 0.5) is 0 Å². The van der Waals surface area contributed by atoms with Crippen molar-refractivity contribution in [2.45, 2.75) is 26.4 Å². The summed E-state index contributed by atoms with van der Waals surface area (Å²) < 4.78 is 5.36. The van der Waals surface area contributed by atoms with Crippen LogP contribution in [0, 0.1) is 6.92 Å². The Hall–Kier alpha value is -1.55. The topological polar surface area (TPSA) is 72.5 Å². The van der Waals surface area contributed by atoms with E-state index in [1.165, 1.54) is 6.92 Å². The van der Waals surface area contributed by atoms with Crippen LogP contribution in [0.5, 0.6) is 5.75 Å². The van der Waals surface area contributed by atoms with Crippen molar-refractivity contribution in [1.82, 2.24) is 0 Å². The fourth-order valence-corrected chi connectivity index (χ4v) is 1.41. The number of carboxylic acid groups (broad SMARTS) is 1. The summed E-state index contributed by atoms with van der Waals surface area (Å²) >= 11 is 0. The third kappa shape index (κ3) is 3.24. The van der Waals surface area contributed by atoms with Gasteiger partial charge in [-0.2, -0.15) is 0 Å². The van der Waals surface area contributed by atoms with Crippen molar-refractivity contribution in [3.8, 4) is 5.75 Å². The largest absolute Gasteiger partial charge is 0.479 e. The van der Waals surface area contributed by atoms with E-state index in [0.717, 1.165) is 11.1 Å². The average Bonchev–Trinajstić information content (AvgIpc) is 2.22. The van der Waals surface area contributed by atoms with Crippen molar-refractivity contribution in [3.05, 3.63) is 29.3 Å². The van der Waals surface area contributed by atoms with Gasteiger partial charge in [-0.05, 0) is 38.4 Å². The zero-order valence-electron chi connectivity index (χ0n) is 9.56. The number of hydrogen-bond donors (Lipinski definition) is 2. The molecule has 0 saturated carbocycles. The molecule has 4 heteroatoms. The summed E-state index contributed by atoms with van der Waals surface area (Å²) in [6.45, 7) is 4.00. The van der Waals surface area contributed by atoms with E-state index in [9.17, 15) is 4.79 Å². The molecule has 0 aromatic heterocycles. The summed E-state index contributed by atoms with van der Waals surface area (Å²) in [5.41, 5.74) is 7.56. The molecule has 0 bridgehead atoms. The lowest BCUT2D eigenvalue weighted by atomic mass is 10.1. The third-order valence-electron chi connectivity index (χ3n) is 2.28. The monoisotopic (exact) mass is 223 g/mol. The summed E-state index contributed by atoms with van der Waals surface area (Å²) in [4.78, 5) is 10.7. The second-order valence-electron chi connectivity index (χ2n) is 3.75. The molecule has 0 aliphatic rings. The first-order valence-corrected chi connectivity index (χ1v) is 5.23. The van der Waals surface area contributed by atoms with Crippen LogP contribution in [0.3, 0.4) is 0 Å². The zero-order chi connectivity index (χ0) is 12.1. The summed E-state index contributed by atoms with van der Waals surface area (Å²) in [6.07, 6.45) is -0.164. The standard InChI is InChI=1S/C12H17NO3/c1-8-3-4-11(10(7-8)5-6-13)16-9(2)12(14)15/h3-4,7,9H,5-6,13H2,1-2H3,(H,14,15). The van der Waals surface area contributed by atoms with Crippen molar-refractivity contribution < 1.29 is 14.6 Å². The molecule has 0 heterocycles. The molecule has 0 aliphatic carbocycles. The van der Waals surface area contributed by atoms with Gasteiger partial charge in [-0.15, -0.1) is 0 Å². The van der Waals surface area contributed by atoms with Gasteiger partial charge in [-0.3, -0.25) is 0 Å². The highest BCUT2D eigenvalue weighted by Crippen LogP contribution is 2.21. The number of carboxylic acids is 1. The molecule has 88 valence electrons. The molecule has 1 aromatic carbocycles. The summed E-state index contributed by atoms with van der Waals surface area (Å²) in [7, 11) is 0. The molecule has 0 spiro atoms. The molecule has 0 aliphatic heterocycles. The molecule has 0 amide bonds. The Morgan fingerprint density at radius 1 is 1.56 bits per heavy atom. The van der Waals surface area contributed by atoms with E-state index in [4.69, 9.17) is 15.6 Å². The van der Waals surface area contributed by atoms with E-state index >= 15 is 0 Å². The van der Waals surface area contributed by atoms with Gasteiger partial charge >= 0.3 is 5.97 Å². The number of aliphatic carboxylic acids is 1. The number of nitrogens with two attached hydrogens (primary N) is 1. The number of rotatable bonds is 5. The minimum Gasteiger partial charge on any atom is -0.479 e. The van der Waals surface area contributed by atoms with E-state index in [2.05, 4.69) is 0 Å². The highest BCUT2D eigenvalue weighted by molar-refractivity contribution is 5.72. The van der Waals surface area contributed by atoms with Gasteiger partial charge in [0.1, 0.15) is 5.75 Å². The lowest BCUT2D eigenvalue weighted by Gasteiger charge is -2.14. The van der Waals surface area contributed by atoms with Crippen LogP contribution < -0.4 is 10.5 Å². The quantitative estimate of drug-likeness (QED) is 0.790. The highest BCUT2D eigenvalue weighted by Gasteiger charge is 2.14. The van der Waals surface area contributed by atoms with Crippen LogP contribution >= 0.6 is 0 Å². The Balaban J connectivity index is 2.89. The maximum Gasteiger partial charge on any atom is 0.344 e. The normalized spacial score (nSPS) is 12.2. The van der Waals surface area contributed by atoms with Crippen LogP contribution in [-0.2, 0) is 11.2 Å². The predicted octanol–water partition coefficient (Wildman–Crippen LogP) is 1.35. The van der Waals surface area contributed by atoms with Crippen molar-refractivity contribution >= 4 is 5.97 Å². The second kappa shape index (κ2) is 5.51. The Morgan fingerprint density at radius 2 is 2.25 bits per heavy atom. The van der Waals surface area contributed by atoms with Gasteiger partial charge in [0.05, 0.1) is 0 Å². The van der Waals surface area contributed by atoms with Crippen molar-refractivity contribution in [1.29, 1.82) is 0 Å². The van der Waals surface area contributed by atoms with Crippen molar-refractivity contribution in [2.24, 2.45) is 5.73 Å². The van der Waals surface area contributed by atoms with Gasteiger partial charge in [-0.25, -0.2) is 4.79 Å². The number of benzene rings is 1. The van der Waals surface area contributed by atoms with Crippen LogP contribution in [0.25, 0.3) is 0 Å². The van der Waals surface area contributed by atoms with Crippen LogP contribution in [0.2, 0.25) is 0 Å². The number of hydrogen-bond acceptors (Lipinski definition) is 3. The minimum atomic E-state index is -0.973. The maximum atomic E-state index is 10.7. The fraction of sp³-hybridized carbons (Fsp3) is 0.417. The molecule has 3 N–H and O–H groups in total. The van der Waals surface area contributed by atoms with E-state index in [1.54, 1.807) is 6.07 Å². The summed E-state index contributed by atoms with van der Waals surface area (Å²) in [6, 6.07) is 5.65. The van der Waals surface area contributed by atoms with Crippen molar-refractivity contribution in [3.63, 3.8) is 0 Å². The second-order valence-corrected chi connectivity index (χ2v) is 3.75. The Labute approximate surface area is 95.0 Å². The molecular formula is C12H17NO3. The first-order chi connectivity index (χ1) is 7.54. The maximum absolute atomic E-state index is 10.7. The Kier molecular flexibility index (Phi) is 4.31. The van der Waals surface area contributed by atoms with E-state index in [0.29, 0.717) is 18.7 Å². The Bertz CT molecular complexity index is 377. The van der Waals surface area contributed by atoms with E-state index < -0.39 is 12.1 Å². The number of carbonyl (C=O) groups is 1. The van der Waals surface area contributed by atoms with Gasteiger partial charge < -0.3 is 15.6 Å². The molecule has 0 fully saturated rings. The average molecular weight is 223 g/mol. The lowest BCUT2D eigenvalue weighted by molar-refractivity contribution is -0.144. The third-order valence-corrected chi connectivity index (χ3v) is 2.28. The van der Waals surface area contributed by atoms with Gasteiger partial charge in [0.15, 0.2) is 6.10 Å².